The second kappa shape index (κ2) is 9.07. The molecule has 0 aliphatic rings. The standard InChI is InChI=1S/C14H23NO3S/c1-15-13(10-19-8-7-16-2)12-6-5-11(17-3)9-14(12)18-4/h5-6,9,13,15H,7-8,10H2,1-4H3. The van der Waals surface area contributed by atoms with Crippen LogP contribution in [0.15, 0.2) is 18.2 Å². The molecule has 1 atom stereocenters. The van der Waals surface area contributed by atoms with Gasteiger partial charge in [0, 0.05) is 36.3 Å². The van der Waals surface area contributed by atoms with E-state index < -0.39 is 0 Å². The highest BCUT2D eigenvalue weighted by molar-refractivity contribution is 7.99. The summed E-state index contributed by atoms with van der Waals surface area (Å²) in [4.78, 5) is 0. The van der Waals surface area contributed by atoms with E-state index in [2.05, 4.69) is 11.4 Å². The van der Waals surface area contributed by atoms with Crippen LogP contribution in [-0.4, -0.2) is 46.5 Å². The maximum atomic E-state index is 5.44. The second-order valence-corrected chi connectivity index (χ2v) is 5.17. The van der Waals surface area contributed by atoms with Crippen LogP contribution in [0, 0.1) is 0 Å². The zero-order valence-corrected chi connectivity index (χ0v) is 12.9. The van der Waals surface area contributed by atoms with E-state index >= 15 is 0 Å². The molecule has 0 fully saturated rings. The van der Waals surface area contributed by atoms with Crippen molar-refractivity contribution in [2.24, 2.45) is 0 Å². The van der Waals surface area contributed by atoms with Crippen LogP contribution in [0.2, 0.25) is 0 Å². The van der Waals surface area contributed by atoms with Gasteiger partial charge in [-0.1, -0.05) is 6.07 Å². The van der Waals surface area contributed by atoms with Crippen molar-refractivity contribution in [2.75, 3.05) is 46.5 Å². The zero-order valence-electron chi connectivity index (χ0n) is 12.1. The number of hydrogen-bond donors (Lipinski definition) is 1. The van der Waals surface area contributed by atoms with E-state index in [-0.39, 0.29) is 6.04 Å². The summed E-state index contributed by atoms with van der Waals surface area (Å²) < 4.78 is 15.7. The fourth-order valence-corrected chi connectivity index (χ4v) is 2.81. The highest BCUT2D eigenvalue weighted by Gasteiger charge is 2.15. The number of hydrogen-bond acceptors (Lipinski definition) is 5. The van der Waals surface area contributed by atoms with Crippen LogP contribution in [0.1, 0.15) is 11.6 Å². The van der Waals surface area contributed by atoms with Crippen LogP contribution in [0.5, 0.6) is 11.5 Å². The number of benzene rings is 1. The predicted molar refractivity (Wildman–Crippen MR) is 80.5 cm³/mol. The van der Waals surface area contributed by atoms with Gasteiger partial charge in [-0.15, -0.1) is 0 Å². The Labute approximate surface area is 119 Å². The molecule has 0 saturated heterocycles. The first-order valence-corrected chi connectivity index (χ1v) is 7.38. The van der Waals surface area contributed by atoms with E-state index in [1.54, 1.807) is 21.3 Å². The largest absolute Gasteiger partial charge is 0.497 e. The van der Waals surface area contributed by atoms with Gasteiger partial charge >= 0.3 is 0 Å². The minimum Gasteiger partial charge on any atom is -0.497 e. The molecule has 0 radical (unpaired) electrons. The number of nitrogens with one attached hydrogen (secondary N) is 1. The quantitative estimate of drug-likeness (QED) is 0.705. The van der Waals surface area contributed by atoms with Crippen molar-refractivity contribution in [3.05, 3.63) is 23.8 Å². The van der Waals surface area contributed by atoms with Crippen LogP contribution in [0.4, 0.5) is 0 Å². The fourth-order valence-electron chi connectivity index (χ4n) is 1.78. The maximum Gasteiger partial charge on any atom is 0.127 e. The van der Waals surface area contributed by atoms with Gasteiger partial charge < -0.3 is 19.5 Å². The van der Waals surface area contributed by atoms with E-state index in [9.17, 15) is 0 Å². The summed E-state index contributed by atoms with van der Waals surface area (Å²) in [5.74, 6) is 3.63. The summed E-state index contributed by atoms with van der Waals surface area (Å²) in [6.07, 6.45) is 0. The normalized spacial score (nSPS) is 12.2. The Morgan fingerprint density at radius 3 is 2.58 bits per heavy atom. The molecule has 1 unspecified atom stereocenters. The van der Waals surface area contributed by atoms with Crippen molar-refractivity contribution < 1.29 is 14.2 Å². The third-order valence-electron chi connectivity index (χ3n) is 2.88. The molecule has 108 valence electrons. The summed E-state index contributed by atoms with van der Waals surface area (Å²) in [5, 5.41) is 3.32. The maximum absolute atomic E-state index is 5.44. The molecule has 0 amide bonds. The van der Waals surface area contributed by atoms with E-state index in [4.69, 9.17) is 14.2 Å². The molecule has 0 spiro atoms. The van der Waals surface area contributed by atoms with Gasteiger partial charge in [-0.25, -0.2) is 0 Å². The molecular weight excluding hydrogens is 262 g/mol. The number of ether oxygens (including phenoxy) is 3. The Kier molecular flexibility index (Phi) is 7.70. The summed E-state index contributed by atoms with van der Waals surface area (Å²) in [6.45, 7) is 0.779. The SMILES string of the molecule is CNC(CSCCOC)c1ccc(OC)cc1OC. The molecule has 0 saturated carbocycles. The highest BCUT2D eigenvalue weighted by atomic mass is 32.2. The first kappa shape index (κ1) is 16.1. The van der Waals surface area contributed by atoms with E-state index in [1.807, 2.05) is 30.9 Å². The summed E-state index contributed by atoms with van der Waals surface area (Å²) >= 11 is 1.86. The van der Waals surface area contributed by atoms with Crippen molar-refractivity contribution in [2.45, 2.75) is 6.04 Å². The third kappa shape index (κ3) is 4.93. The first-order chi connectivity index (χ1) is 9.26. The molecule has 1 rings (SSSR count). The lowest BCUT2D eigenvalue weighted by atomic mass is 10.1. The van der Waals surface area contributed by atoms with E-state index in [1.165, 1.54) is 0 Å². The molecule has 1 N–H and O–H groups in total. The van der Waals surface area contributed by atoms with Crippen LogP contribution < -0.4 is 14.8 Å². The molecule has 0 heterocycles. The Bertz CT molecular complexity index is 374. The highest BCUT2D eigenvalue weighted by Crippen LogP contribution is 2.30. The minimum absolute atomic E-state index is 0.253. The summed E-state index contributed by atoms with van der Waals surface area (Å²) in [5.41, 5.74) is 1.15. The monoisotopic (exact) mass is 285 g/mol. The van der Waals surface area contributed by atoms with Gasteiger partial charge in [-0.2, -0.15) is 11.8 Å². The lowest BCUT2D eigenvalue weighted by molar-refractivity contribution is 0.218. The Morgan fingerprint density at radius 1 is 1.21 bits per heavy atom. The number of thioether (sulfide) groups is 1. The second-order valence-electron chi connectivity index (χ2n) is 4.02. The zero-order chi connectivity index (χ0) is 14.1. The fraction of sp³-hybridized carbons (Fsp3) is 0.571. The smallest absolute Gasteiger partial charge is 0.127 e. The molecule has 0 aliphatic heterocycles. The van der Waals surface area contributed by atoms with Gasteiger partial charge in [0.1, 0.15) is 11.5 Å². The minimum atomic E-state index is 0.253. The Balaban J connectivity index is 2.73. The Morgan fingerprint density at radius 2 is 2.00 bits per heavy atom. The van der Waals surface area contributed by atoms with Crippen molar-refractivity contribution in [1.29, 1.82) is 0 Å². The van der Waals surface area contributed by atoms with Crippen molar-refractivity contribution in [3.8, 4) is 11.5 Å². The Hall–Kier alpha value is -0.910. The van der Waals surface area contributed by atoms with Gasteiger partial charge in [0.2, 0.25) is 0 Å². The van der Waals surface area contributed by atoms with Crippen LogP contribution in [-0.2, 0) is 4.74 Å². The van der Waals surface area contributed by atoms with Crippen molar-refractivity contribution in [1.82, 2.24) is 5.32 Å². The third-order valence-corrected chi connectivity index (χ3v) is 3.91. The van der Waals surface area contributed by atoms with Crippen LogP contribution in [0.25, 0.3) is 0 Å². The molecule has 19 heavy (non-hydrogen) atoms. The van der Waals surface area contributed by atoms with Crippen LogP contribution >= 0.6 is 11.8 Å². The van der Waals surface area contributed by atoms with Gasteiger partial charge in [-0.05, 0) is 13.1 Å². The molecule has 1 aromatic rings. The van der Waals surface area contributed by atoms with E-state index in [0.717, 1.165) is 35.2 Å². The van der Waals surface area contributed by atoms with Gasteiger partial charge in [0.15, 0.2) is 0 Å². The molecule has 5 heteroatoms. The average molecular weight is 285 g/mol. The number of methoxy groups -OCH3 is 3. The van der Waals surface area contributed by atoms with Crippen molar-refractivity contribution in [3.63, 3.8) is 0 Å². The molecular formula is C14H23NO3S. The first-order valence-electron chi connectivity index (χ1n) is 6.22. The summed E-state index contributed by atoms with van der Waals surface area (Å²) in [6, 6.07) is 6.18. The van der Waals surface area contributed by atoms with E-state index in [0.29, 0.717) is 0 Å². The lowest BCUT2D eigenvalue weighted by Crippen LogP contribution is -2.20. The van der Waals surface area contributed by atoms with Gasteiger partial charge in [-0.3, -0.25) is 0 Å². The van der Waals surface area contributed by atoms with Crippen LogP contribution in [0.3, 0.4) is 0 Å². The number of rotatable bonds is 9. The predicted octanol–water partition coefficient (Wildman–Crippen LogP) is 2.34. The van der Waals surface area contributed by atoms with Gasteiger partial charge in [0.05, 0.1) is 20.8 Å². The lowest BCUT2D eigenvalue weighted by Gasteiger charge is -2.19. The molecule has 4 nitrogen and oxygen atoms in total. The summed E-state index contributed by atoms with van der Waals surface area (Å²) in [7, 11) is 7.03. The average Bonchev–Trinajstić information content (AvgIpc) is 2.47. The molecule has 0 aromatic heterocycles. The molecule has 1 aromatic carbocycles. The molecule has 0 aliphatic carbocycles. The molecule has 0 bridgehead atoms. The van der Waals surface area contributed by atoms with Gasteiger partial charge in [0.25, 0.3) is 0 Å². The topological polar surface area (TPSA) is 39.7 Å². The van der Waals surface area contributed by atoms with Crippen molar-refractivity contribution >= 4 is 11.8 Å².